The molecule has 1 rings (SSSR count). The topological polar surface area (TPSA) is 49.3 Å². The zero-order chi connectivity index (χ0) is 11.6. The molecular weight excluding hydrogens is 190 g/mol. The molecule has 0 aromatic heterocycles. The Kier molecular flexibility index (Phi) is 3.35. The van der Waals surface area contributed by atoms with Crippen molar-refractivity contribution in [1.82, 2.24) is 0 Å². The predicted molar refractivity (Wildman–Crippen MR) is 61.4 cm³/mol. The van der Waals surface area contributed by atoms with Crippen LogP contribution in [0.5, 0.6) is 0 Å². The van der Waals surface area contributed by atoms with Gasteiger partial charge in [-0.15, -0.1) is 0 Å². The van der Waals surface area contributed by atoms with Gasteiger partial charge in [-0.2, -0.15) is 0 Å². The summed E-state index contributed by atoms with van der Waals surface area (Å²) in [6.45, 7) is 7.68. The number of hydrogen-bond acceptors (Lipinski definition) is 2. The van der Waals surface area contributed by atoms with Crippen molar-refractivity contribution >= 4 is 11.7 Å². The second-order valence-electron chi connectivity index (χ2n) is 3.96. The summed E-state index contributed by atoms with van der Waals surface area (Å²) >= 11 is 0. The molecule has 82 valence electrons. The van der Waals surface area contributed by atoms with Crippen molar-refractivity contribution in [2.24, 2.45) is 0 Å². The summed E-state index contributed by atoms with van der Waals surface area (Å²) in [5, 5.41) is 11.8. The first-order valence-electron chi connectivity index (χ1n) is 4.99. The van der Waals surface area contributed by atoms with Crippen molar-refractivity contribution in [3.8, 4) is 0 Å². The monoisotopic (exact) mass is 207 g/mol. The van der Waals surface area contributed by atoms with E-state index in [9.17, 15) is 4.79 Å². The molecule has 0 radical (unpaired) electrons. The smallest absolute Gasteiger partial charge is 0.325 e. The molecule has 0 unspecified atom stereocenters. The molecule has 1 atom stereocenters. The Bertz CT molecular complexity index is 385. The molecule has 0 aliphatic heterocycles. The molecule has 3 nitrogen and oxygen atoms in total. The van der Waals surface area contributed by atoms with Crippen LogP contribution in [0.3, 0.4) is 0 Å². The second kappa shape index (κ2) is 4.34. The predicted octanol–water partition coefficient (Wildman–Crippen LogP) is 2.50. The van der Waals surface area contributed by atoms with Gasteiger partial charge in [0.2, 0.25) is 0 Å². The third kappa shape index (κ3) is 2.72. The van der Waals surface area contributed by atoms with Gasteiger partial charge in [-0.05, 0) is 50.5 Å². The summed E-state index contributed by atoms with van der Waals surface area (Å²) in [6, 6.07) is 3.49. The van der Waals surface area contributed by atoms with Crippen LogP contribution in [0.25, 0.3) is 0 Å². The molecule has 1 aromatic rings. The lowest BCUT2D eigenvalue weighted by Crippen LogP contribution is -2.25. The number of carboxylic acid groups (broad SMARTS) is 1. The molecule has 0 heterocycles. The standard InChI is InChI=1S/C12H17NO2/c1-7-5-9(3)11(6-8(7)2)13-10(4)12(14)15/h5-6,10,13H,1-4H3,(H,14,15)/t10-/m0/s1. The summed E-state index contributed by atoms with van der Waals surface area (Å²) < 4.78 is 0. The number of anilines is 1. The largest absolute Gasteiger partial charge is 0.480 e. The number of carbonyl (C=O) groups is 1. The minimum absolute atomic E-state index is 0.564. The molecule has 15 heavy (non-hydrogen) atoms. The molecule has 0 amide bonds. The fraction of sp³-hybridized carbons (Fsp3) is 0.417. The first kappa shape index (κ1) is 11.6. The summed E-state index contributed by atoms with van der Waals surface area (Å²) in [7, 11) is 0. The number of carboxylic acids is 1. The van der Waals surface area contributed by atoms with E-state index in [-0.39, 0.29) is 0 Å². The fourth-order valence-corrected chi connectivity index (χ4v) is 1.41. The maximum Gasteiger partial charge on any atom is 0.325 e. The minimum Gasteiger partial charge on any atom is -0.480 e. The van der Waals surface area contributed by atoms with Crippen LogP contribution in [0.2, 0.25) is 0 Å². The molecule has 0 saturated carbocycles. The number of nitrogens with one attached hydrogen (secondary N) is 1. The van der Waals surface area contributed by atoms with Gasteiger partial charge in [0, 0.05) is 5.69 Å². The van der Waals surface area contributed by atoms with Crippen molar-refractivity contribution in [2.75, 3.05) is 5.32 Å². The zero-order valence-corrected chi connectivity index (χ0v) is 9.59. The van der Waals surface area contributed by atoms with Crippen molar-refractivity contribution in [2.45, 2.75) is 33.7 Å². The maximum absolute atomic E-state index is 10.7. The van der Waals surface area contributed by atoms with Crippen LogP contribution < -0.4 is 5.32 Å². The molecule has 3 heteroatoms. The number of aryl methyl sites for hydroxylation is 3. The summed E-state index contributed by atoms with van der Waals surface area (Å²) in [5.41, 5.74) is 4.36. The van der Waals surface area contributed by atoms with Crippen LogP contribution in [-0.4, -0.2) is 17.1 Å². The minimum atomic E-state index is -0.840. The Balaban J connectivity index is 2.95. The Morgan fingerprint density at radius 1 is 1.20 bits per heavy atom. The van der Waals surface area contributed by atoms with Gasteiger partial charge in [0.1, 0.15) is 6.04 Å². The molecule has 0 bridgehead atoms. The van der Waals surface area contributed by atoms with E-state index in [1.54, 1.807) is 6.92 Å². The van der Waals surface area contributed by atoms with Crippen LogP contribution >= 0.6 is 0 Å². The Labute approximate surface area is 90.1 Å². The quantitative estimate of drug-likeness (QED) is 0.800. The van der Waals surface area contributed by atoms with E-state index in [0.717, 1.165) is 11.3 Å². The van der Waals surface area contributed by atoms with E-state index in [0.29, 0.717) is 0 Å². The van der Waals surface area contributed by atoms with Gasteiger partial charge in [-0.1, -0.05) is 6.07 Å². The van der Waals surface area contributed by atoms with E-state index in [1.165, 1.54) is 11.1 Å². The van der Waals surface area contributed by atoms with Crippen molar-refractivity contribution in [3.63, 3.8) is 0 Å². The molecule has 0 spiro atoms. The van der Waals surface area contributed by atoms with Crippen LogP contribution in [0.1, 0.15) is 23.6 Å². The van der Waals surface area contributed by atoms with Gasteiger partial charge in [0.25, 0.3) is 0 Å². The highest BCUT2D eigenvalue weighted by atomic mass is 16.4. The highest BCUT2D eigenvalue weighted by molar-refractivity contribution is 5.77. The van der Waals surface area contributed by atoms with Crippen LogP contribution in [-0.2, 0) is 4.79 Å². The van der Waals surface area contributed by atoms with Crippen LogP contribution in [0.15, 0.2) is 12.1 Å². The van der Waals surface area contributed by atoms with Gasteiger partial charge < -0.3 is 10.4 Å². The van der Waals surface area contributed by atoms with Crippen LogP contribution in [0, 0.1) is 20.8 Å². The maximum atomic E-state index is 10.7. The van der Waals surface area contributed by atoms with Gasteiger partial charge in [0.05, 0.1) is 0 Å². The van der Waals surface area contributed by atoms with Crippen LogP contribution in [0.4, 0.5) is 5.69 Å². The lowest BCUT2D eigenvalue weighted by molar-refractivity contribution is -0.137. The van der Waals surface area contributed by atoms with E-state index in [1.807, 2.05) is 26.8 Å². The summed E-state index contributed by atoms with van der Waals surface area (Å²) in [6.07, 6.45) is 0. The lowest BCUT2D eigenvalue weighted by atomic mass is 10.0. The van der Waals surface area contributed by atoms with E-state index in [2.05, 4.69) is 11.4 Å². The number of benzene rings is 1. The first-order chi connectivity index (χ1) is 6.91. The average Bonchev–Trinajstić information content (AvgIpc) is 2.13. The second-order valence-corrected chi connectivity index (χ2v) is 3.96. The SMILES string of the molecule is Cc1cc(C)c(N[C@@H](C)C(=O)O)cc1C. The van der Waals surface area contributed by atoms with Gasteiger partial charge in [-0.3, -0.25) is 4.79 Å². The highest BCUT2D eigenvalue weighted by Crippen LogP contribution is 2.20. The third-order valence-electron chi connectivity index (χ3n) is 2.58. The highest BCUT2D eigenvalue weighted by Gasteiger charge is 2.11. The lowest BCUT2D eigenvalue weighted by Gasteiger charge is -2.15. The Morgan fingerprint density at radius 3 is 2.27 bits per heavy atom. The summed E-state index contributed by atoms with van der Waals surface area (Å²) in [5.74, 6) is -0.840. The fourth-order valence-electron chi connectivity index (χ4n) is 1.41. The van der Waals surface area contributed by atoms with Crippen molar-refractivity contribution in [1.29, 1.82) is 0 Å². The molecule has 0 fully saturated rings. The Morgan fingerprint density at radius 2 is 1.73 bits per heavy atom. The van der Waals surface area contributed by atoms with Crippen molar-refractivity contribution in [3.05, 3.63) is 28.8 Å². The third-order valence-corrected chi connectivity index (χ3v) is 2.58. The molecule has 1 aromatic carbocycles. The first-order valence-corrected chi connectivity index (χ1v) is 4.99. The van der Waals surface area contributed by atoms with Gasteiger partial charge in [-0.25, -0.2) is 0 Å². The molecule has 0 aliphatic carbocycles. The molecule has 0 saturated heterocycles. The van der Waals surface area contributed by atoms with Gasteiger partial charge in [0.15, 0.2) is 0 Å². The molecular formula is C12H17NO2. The van der Waals surface area contributed by atoms with Crippen molar-refractivity contribution < 1.29 is 9.90 Å². The molecule has 0 aliphatic rings. The summed E-state index contributed by atoms with van der Waals surface area (Å²) in [4.78, 5) is 10.7. The number of hydrogen-bond donors (Lipinski definition) is 2. The molecule has 2 N–H and O–H groups in total. The van der Waals surface area contributed by atoms with E-state index in [4.69, 9.17) is 5.11 Å². The van der Waals surface area contributed by atoms with E-state index < -0.39 is 12.0 Å². The zero-order valence-electron chi connectivity index (χ0n) is 9.59. The Hall–Kier alpha value is -1.51. The normalized spacial score (nSPS) is 12.3. The number of aliphatic carboxylic acids is 1. The number of rotatable bonds is 3. The van der Waals surface area contributed by atoms with Gasteiger partial charge >= 0.3 is 5.97 Å². The average molecular weight is 207 g/mol. The van der Waals surface area contributed by atoms with E-state index >= 15 is 0 Å².